The van der Waals surface area contributed by atoms with E-state index in [1.807, 2.05) is 54.6 Å². The van der Waals surface area contributed by atoms with E-state index in [0.717, 1.165) is 28.8 Å². The first kappa shape index (κ1) is 27.8. The minimum Gasteiger partial charge on any atom is -0.486 e. The molecule has 4 aromatic carbocycles. The molecule has 5 nitrogen and oxygen atoms in total. The molecule has 1 fully saturated rings. The second-order valence-corrected chi connectivity index (χ2v) is 10.6. The molecule has 8 heteroatoms. The Hall–Kier alpha value is -4.30. The Bertz CT molecular complexity index is 1480. The second-order valence-electron chi connectivity index (χ2n) is 10.6. The summed E-state index contributed by atoms with van der Waals surface area (Å²) in [6.45, 7) is 1.89. The molecule has 1 heterocycles. The van der Waals surface area contributed by atoms with E-state index in [2.05, 4.69) is 29.6 Å². The van der Waals surface area contributed by atoms with Crippen LogP contribution in [0, 0.1) is 0 Å². The minimum absolute atomic E-state index is 0.0391. The first-order chi connectivity index (χ1) is 20.4. The zero-order valence-corrected chi connectivity index (χ0v) is 22.9. The third kappa shape index (κ3) is 5.85. The van der Waals surface area contributed by atoms with Crippen LogP contribution in [0.3, 0.4) is 0 Å². The average Bonchev–Trinajstić information content (AvgIpc) is 3.33. The molecule has 216 valence electrons. The summed E-state index contributed by atoms with van der Waals surface area (Å²) in [6.07, 6.45) is -4.86. The van der Waals surface area contributed by atoms with E-state index in [4.69, 9.17) is 9.47 Å². The molecule has 0 aromatic heterocycles. The van der Waals surface area contributed by atoms with Crippen LogP contribution in [0.15, 0.2) is 103 Å². The summed E-state index contributed by atoms with van der Waals surface area (Å²) in [5, 5.41) is 3.36. The van der Waals surface area contributed by atoms with Gasteiger partial charge in [-0.1, -0.05) is 78.9 Å². The van der Waals surface area contributed by atoms with Crippen LogP contribution in [0.4, 0.5) is 18.0 Å². The van der Waals surface area contributed by atoms with Gasteiger partial charge in [0.25, 0.3) is 0 Å². The quantitative estimate of drug-likeness (QED) is 0.250. The zero-order chi connectivity index (χ0) is 29.1. The van der Waals surface area contributed by atoms with Gasteiger partial charge in [-0.15, -0.1) is 0 Å². The van der Waals surface area contributed by atoms with Crippen LogP contribution in [0.5, 0.6) is 5.75 Å². The van der Waals surface area contributed by atoms with Gasteiger partial charge in [0.2, 0.25) is 0 Å². The van der Waals surface area contributed by atoms with Crippen molar-refractivity contribution in [1.29, 1.82) is 0 Å². The number of fused-ring (bicyclic) bond motifs is 3. The number of rotatable bonds is 7. The highest BCUT2D eigenvalue weighted by atomic mass is 19.4. The fraction of sp³-hybridized carbons (Fsp3) is 0.265. The van der Waals surface area contributed by atoms with Crippen LogP contribution < -0.4 is 10.1 Å². The molecule has 0 spiro atoms. The first-order valence-electron chi connectivity index (χ1n) is 14.1. The molecule has 42 heavy (non-hydrogen) atoms. The Morgan fingerprint density at radius 1 is 0.857 bits per heavy atom. The SMILES string of the molecule is O=C(OCC1c2ccccc2-c2ccccc21)N1CCNCC1CC(Oc1ccc(C(F)(F)F)cc1)c1ccccc1. The van der Waals surface area contributed by atoms with E-state index in [9.17, 15) is 18.0 Å². The third-order valence-electron chi connectivity index (χ3n) is 8.04. The Morgan fingerprint density at radius 2 is 1.48 bits per heavy atom. The predicted molar refractivity (Wildman–Crippen MR) is 154 cm³/mol. The zero-order valence-electron chi connectivity index (χ0n) is 22.9. The Balaban J connectivity index is 1.18. The van der Waals surface area contributed by atoms with Gasteiger partial charge in [-0.05, 0) is 52.1 Å². The molecule has 1 amide bonds. The molecule has 6 rings (SSSR count). The summed E-state index contributed by atoms with van der Waals surface area (Å²) in [6, 6.07) is 30.4. The topological polar surface area (TPSA) is 50.8 Å². The van der Waals surface area contributed by atoms with E-state index < -0.39 is 17.8 Å². The maximum atomic E-state index is 13.5. The Labute approximate surface area is 242 Å². The number of hydrogen-bond donors (Lipinski definition) is 1. The molecular weight excluding hydrogens is 541 g/mol. The van der Waals surface area contributed by atoms with Crippen molar-refractivity contribution in [3.63, 3.8) is 0 Å². The molecule has 1 saturated heterocycles. The monoisotopic (exact) mass is 572 g/mol. The van der Waals surface area contributed by atoms with Crippen molar-refractivity contribution in [2.45, 2.75) is 30.7 Å². The number of amides is 1. The van der Waals surface area contributed by atoms with Gasteiger partial charge < -0.3 is 19.7 Å². The van der Waals surface area contributed by atoms with Crippen LogP contribution in [0.1, 0.15) is 40.7 Å². The van der Waals surface area contributed by atoms with Crippen molar-refractivity contribution in [3.8, 4) is 16.9 Å². The van der Waals surface area contributed by atoms with Gasteiger partial charge in [0.1, 0.15) is 18.5 Å². The van der Waals surface area contributed by atoms with Crippen molar-refractivity contribution >= 4 is 6.09 Å². The number of halogens is 3. The molecule has 1 aliphatic carbocycles. The van der Waals surface area contributed by atoms with Crippen LogP contribution in [0.25, 0.3) is 11.1 Å². The number of hydrogen-bond acceptors (Lipinski definition) is 4. The molecule has 2 unspecified atom stereocenters. The maximum absolute atomic E-state index is 13.5. The van der Waals surface area contributed by atoms with Crippen molar-refractivity contribution < 1.29 is 27.4 Å². The molecule has 2 atom stereocenters. The number of alkyl halides is 3. The van der Waals surface area contributed by atoms with E-state index in [0.29, 0.717) is 31.8 Å². The van der Waals surface area contributed by atoms with Crippen LogP contribution >= 0.6 is 0 Å². The van der Waals surface area contributed by atoms with Gasteiger partial charge in [0.05, 0.1) is 11.6 Å². The summed E-state index contributed by atoms with van der Waals surface area (Å²) in [4.78, 5) is 15.3. The van der Waals surface area contributed by atoms with Crippen LogP contribution in [0.2, 0.25) is 0 Å². The summed E-state index contributed by atoms with van der Waals surface area (Å²) in [5.41, 5.74) is 4.77. The van der Waals surface area contributed by atoms with Crippen molar-refractivity contribution in [1.82, 2.24) is 10.2 Å². The number of nitrogens with one attached hydrogen (secondary N) is 1. The fourth-order valence-electron chi connectivity index (χ4n) is 5.94. The molecule has 0 bridgehead atoms. The number of carbonyl (C=O) groups excluding carboxylic acids is 1. The maximum Gasteiger partial charge on any atom is 0.416 e. The number of benzene rings is 4. The normalized spacial score (nSPS) is 17.3. The lowest BCUT2D eigenvalue weighted by molar-refractivity contribution is -0.137. The van der Waals surface area contributed by atoms with Crippen LogP contribution in [-0.2, 0) is 10.9 Å². The molecule has 1 N–H and O–H groups in total. The number of ether oxygens (including phenoxy) is 2. The van der Waals surface area contributed by atoms with Gasteiger partial charge >= 0.3 is 12.3 Å². The number of carbonyl (C=O) groups is 1. The van der Waals surface area contributed by atoms with Gasteiger partial charge in [-0.2, -0.15) is 13.2 Å². The average molecular weight is 573 g/mol. The van der Waals surface area contributed by atoms with Crippen molar-refractivity contribution in [2.24, 2.45) is 0 Å². The largest absolute Gasteiger partial charge is 0.486 e. The molecule has 0 saturated carbocycles. The lowest BCUT2D eigenvalue weighted by atomic mass is 9.98. The van der Waals surface area contributed by atoms with Gasteiger partial charge in [-0.25, -0.2) is 4.79 Å². The van der Waals surface area contributed by atoms with E-state index in [1.54, 1.807) is 4.90 Å². The Kier molecular flexibility index (Phi) is 7.89. The summed E-state index contributed by atoms with van der Waals surface area (Å²) in [5.74, 6) is 0.288. The standard InChI is InChI=1S/C34H31F3N2O3/c35-34(36,37)24-14-16-26(17-15-24)42-32(23-8-2-1-3-9-23)20-25-21-38-18-19-39(25)33(40)41-22-31-29-12-6-4-10-27(29)28-11-5-7-13-30(28)31/h1-17,25,31-32,38H,18-22H2. The molecule has 0 radical (unpaired) electrons. The summed E-state index contributed by atoms with van der Waals surface area (Å²) in [7, 11) is 0. The second kappa shape index (κ2) is 11.9. The van der Waals surface area contributed by atoms with Gasteiger partial charge in [-0.3, -0.25) is 0 Å². The minimum atomic E-state index is -4.42. The highest BCUT2D eigenvalue weighted by Crippen LogP contribution is 2.44. The van der Waals surface area contributed by atoms with Gasteiger partial charge in [0, 0.05) is 32.0 Å². The van der Waals surface area contributed by atoms with E-state index in [1.165, 1.54) is 23.3 Å². The number of nitrogens with zero attached hydrogens (tertiary/aromatic N) is 1. The number of piperazine rings is 1. The summed E-state index contributed by atoms with van der Waals surface area (Å²) >= 11 is 0. The molecule has 4 aromatic rings. The van der Waals surface area contributed by atoms with Crippen LogP contribution in [-0.4, -0.2) is 43.3 Å². The fourth-order valence-corrected chi connectivity index (χ4v) is 5.94. The van der Waals surface area contributed by atoms with Gasteiger partial charge in [0.15, 0.2) is 0 Å². The molecule has 2 aliphatic rings. The summed E-state index contributed by atoms with van der Waals surface area (Å²) < 4.78 is 51.5. The molecular formula is C34H31F3N2O3. The Morgan fingerprint density at radius 3 is 2.12 bits per heavy atom. The highest BCUT2D eigenvalue weighted by Gasteiger charge is 2.34. The van der Waals surface area contributed by atoms with E-state index >= 15 is 0 Å². The smallest absolute Gasteiger partial charge is 0.416 e. The van der Waals surface area contributed by atoms with Crippen molar-refractivity contribution in [2.75, 3.05) is 26.2 Å². The lowest BCUT2D eigenvalue weighted by Crippen LogP contribution is -2.54. The third-order valence-corrected chi connectivity index (χ3v) is 8.04. The van der Waals surface area contributed by atoms with Crippen molar-refractivity contribution in [3.05, 3.63) is 125 Å². The van der Waals surface area contributed by atoms with E-state index in [-0.39, 0.29) is 24.7 Å². The lowest BCUT2D eigenvalue weighted by Gasteiger charge is -2.37. The predicted octanol–water partition coefficient (Wildman–Crippen LogP) is 7.44. The highest BCUT2D eigenvalue weighted by molar-refractivity contribution is 5.79. The molecule has 1 aliphatic heterocycles. The first-order valence-corrected chi connectivity index (χ1v) is 14.1.